The van der Waals surface area contributed by atoms with Crippen molar-refractivity contribution in [3.63, 3.8) is 0 Å². The van der Waals surface area contributed by atoms with Crippen LogP contribution < -0.4 is 10.7 Å². The largest absolute Gasteiger partial charge is 0.321 e. The summed E-state index contributed by atoms with van der Waals surface area (Å²) in [7, 11) is 0. The summed E-state index contributed by atoms with van der Waals surface area (Å²) in [5.41, 5.74) is 4.83. The third-order valence-electron chi connectivity index (χ3n) is 3.81. The lowest BCUT2D eigenvalue weighted by Gasteiger charge is -2.06. The van der Waals surface area contributed by atoms with Gasteiger partial charge >= 0.3 is 0 Å². The van der Waals surface area contributed by atoms with E-state index in [-0.39, 0.29) is 11.8 Å². The van der Waals surface area contributed by atoms with E-state index in [1.807, 2.05) is 63.2 Å². The van der Waals surface area contributed by atoms with E-state index in [0.717, 1.165) is 15.3 Å². The number of hydrazone groups is 1. The van der Waals surface area contributed by atoms with Gasteiger partial charge in [0.25, 0.3) is 11.8 Å². The molecule has 27 heavy (non-hydrogen) atoms. The van der Waals surface area contributed by atoms with Crippen LogP contribution >= 0.6 is 22.7 Å². The van der Waals surface area contributed by atoms with E-state index in [2.05, 4.69) is 15.8 Å². The van der Waals surface area contributed by atoms with Crippen molar-refractivity contribution in [1.29, 1.82) is 0 Å². The van der Waals surface area contributed by atoms with Gasteiger partial charge in [0, 0.05) is 15.4 Å². The van der Waals surface area contributed by atoms with E-state index in [0.29, 0.717) is 21.2 Å². The van der Waals surface area contributed by atoms with Gasteiger partial charge in [-0.2, -0.15) is 5.10 Å². The number of anilines is 1. The monoisotopic (exact) mass is 397 g/mol. The van der Waals surface area contributed by atoms with Crippen LogP contribution in [0.2, 0.25) is 0 Å². The number of amides is 2. The average molecular weight is 398 g/mol. The van der Waals surface area contributed by atoms with Gasteiger partial charge in [0.1, 0.15) is 0 Å². The van der Waals surface area contributed by atoms with E-state index in [1.54, 1.807) is 6.07 Å². The molecule has 3 rings (SSSR count). The molecule has 0 saturated carbocycles. The molecule has 0 radical (unpaired) electrons. The zero-order valence-electron chi connectivity index (χ0n) is 15.2. The Morgan fingerprint density at radius 3 is 1.89 bits per heavy atom. The van der Waals surface area contributed by atoms with Crippen molar-refractivity contribution < 1.29 is 9.59 Å². The normalized spacial score (nSPS) is 11.3. The van der Waals surface area contributed by atoms with Crippen molar-refractivity contribution in [1.82, 2.24) is 5.43 Å². The van der Waals surface area contributed by atoms with Crippen molar-refractivity contribution >= 4 is 45.9 Å². The minimum absolute atomic E-state index is 0.121. The summed E-state index contributed by atoms with van der Waals surface area (Å²) in [5.74, 6) is -0.340. The van der Waals surface area contributed by atoms with E-state index in [9.17, 15) is 9.59 Å². The van der Waals surface area contributed by atoms with Gasteiger partial charge in [-0.3, -0.25) is 9.59 Å². The number of benzene rings is 1. The standard InChI is InChI=1S/C20H19N3O2S2/c1-12-4-10-17(26-12)19(24)21-16-8-6-15(7-9-16)14(3)22-23-20(25)18-11-5-13(2)27-18/h4-11H,1-3H3,(H,21,24)(H,23,25). The number of nitrogens with one attached hydrogen (secondary N) is 2. The molecule has 0 bridgehead atoms. The number of aryl methyl sites for hydroxylation is 2. The van der Waals surface area contributed by atoms with Gasteiger partial charge in [0.05, 0.1) is 15.5 Å². The third kappa shape index (κ3) is 4.90. The second-order valence-corrected chi connectivity index (χ2v) is 8.57. The smallest absolute Gasteiger partial charge is 0.281 e. The molecular weight excluding hydrogens is 378 g/mol. The Morgan fingerprint density at radius 2 is 1.37 bits per heavy atom. The average Bonchev–Trinajstić information content (AvgIpc) is 3.28. The lowest BCUT2D eigenvalue weighted by Crippen LogP contribution is -2.18. The molecule has 0 aliphatic rings. The van der Waals surface area contributed by atoms with Crippen LogP contribution in [0.1, 0.15) is 41.6 Å². The zero-order valence-corrected chi connectivity index (χ0v) is 16.8. The second kappa shape index (κ2) is 8.28. The Balaban J connectivity index is 1.62. The van der Waals surface area contributed by atoms with Gasteiger partial charge < -0.3 is 5.32 Å². The lowest BCUT2D eigenvalue weighted by molar-refractivity contribution is 0.0958. The maximum Gasteiger partial charge on any atom is 0.281 e. The number of carbonyl (C=O) groups excluding carboxylic acids is 2. The third-order valence-corrected chi connectivity index (χ3v) is 5.81. The van der Waals surface area contributed by atoms with Crippen molar-refractivity contribution in [2.24, 2.45) is 5.10 Å². The molecule has 138 valence electrons. The lowest BCUT2D eigenvalue weighted by atomic mass is 10.1. The summed E-state index contributed by atoms with van der Waals surface area (Å²) >= 11 is 2.89. The van der Waals surface area contributed by atoms with Crippen LogP contribution in [0, 0.1) is 13.8 Å². The Bertz CT molecular complexity index is 1000. The molecule has 0 aliphatic heterocycles. The molecule has 1 aromatic carbocycles. The van der Waals surface area contributed by atoms with E-state index < -0.39 is 0 Å². The predicted molar refractivity (Wildman–Crippen MR) is 112 cm³/mol. The van der Waals surface area contributed by atoms with Crippen LogP contribution in [0.3, 0.4) is 0 Å². The van der Waals surface area contributed by atoms with Crippen LogP contribution in [0.5, 0.6) is 0 Å². The zero-order chi connectivity index (χ0) is 19.4. The molecule has 2 amide bonds. The molecule has 5 nitrogen and oxygen atoms in total. The van der Waals surface area contributed by atoms with Crippen molar-refractivity contribution in [3.8, 4) is 0 Å². The van der Waals surface area contributed by atoms with Gasteiger partial charge in [0.2, 0.25) is 0 Å². The van der Waals surface area contributed by atoms with Crippen molar-refractivity contribution in [3.05, 3.63) is 73.6 Å². The maximum absolute atomic E-state index is 12.2. The van der Waals surface area contributed by atoms with E-state index >= 15 is 0 Å². The summed E-state index contributed by atoms with van der Waals surface area (Å²) in [6.07, 6.45) is 0. The molecule has 3 aromatic rings. The predicted octanol–water partition coefficient (Wildman–Crippen LogP) is 4.83. The summed E-state index contributed by atoms with van der Waals surface area (Å²) in [6.45, 7) is 5.74. The van der Waals surface area contributed by atoms with Crippen LogP contribution in [0.15, 0.2) is 53.6 Å². The molecule has 0 unspecified atom stereocenters. The highest BCUT2D eigenvalue weighted by atomic mass is 32.1. The topological polar surface area (TPSA) is 70.6 Å². The molecule has 7 heteroatoms. The SMILES string of the molecule is CC(=NNC(=O)c1ccc(C)s1)c1ccc(NC(=O)c2ccc(C)s2)cc1. The summed E-state index contributed by atoms with van der Waals surface area (Å²) < 4.78 is 0. The summed E-state index contributed by atoms with van der Waals surface area (Å²) in [6, 6.07) is 14.8. The molecule has 2 N–H and O–H groups in total. The van der Waals surface area contributed by atoms with E-state index in [4.69, 9.17) is 0 Å². The quantitative estimate of drug-likeness (QED) is 0.478. The van der Waals surface area contributed by atoms with Gasteiger partial charge in [-0.15, -0.1) is 22.7 Å². The Hall–Kier alpha value is -2.77. The highest BCUT2D eigenvalue weighted by molar-refractivity contribution is 7.14. The highest BCUT2D eigenvalue weighted by Gasteiger charge is 2.09. The van der Waals surface area contributed by atoms with Crippen LogP contribution in [0.4, 0.5) is 5.69 Å². The fourth-order valence-electron chi connectivity index (χ4n) is 2.35. The molecule has 0 spiro atoms. The Morgan fingerprint density at radius 1 is 0.815 bits per heavy atom. The Kier molecular flexibility index (Phi) is 5.83. The second-order valence-electron chi connectivity index (χ2n) is 5.99. The van der Waals surface area contributed by atoms with Crippen molar-refractivity contribution in [2.45, 2.75) is 20.8 Å². The first-order chi connectivity index (χ1) is 12.9. The molecule has 0 saturated heterocycles. The van der Waals surface area contributed by atoms with Crippen LogP contribution in [-0.4, -0.2) is 17.5 Å². The minimum atomic E-state index is -0.220. The van der Waals surface area contributed by atoms with Gasteiger partial charge in [-0.1, -0.05) is 12.1 Å². The first kappa shape index (κ1) is 19.0. The van der Waals surface area contributed by atoms with E-state index in [1.165, 1.54) is 22.7 Å². The summed E-state index contributed by atoms with van der Waals surface area (Å²) in [4.78, 5) is 27.7. The van der Waals surface area contributed by atoms with Gasteiger partial charge in [0.15, 0.2) is 0 Å². The molecule has 0 atom stereocenters. The highest BCUT2D eigenvalue weighted by Crippen LogP contribution is 2.18. The molecule has 0 fully saturated rings. The minimum Gasteiger partial charge on any atom is -0.321 e. The number of thiophene rings is 2. The van der Waals surface area contributed by atoms with Crippen LogP contribution in [0.25, 0.3) is 0 Å². The first-order valence-electron chi connectivity index (χ1n) is 8.31. The van der Waals surface area contributed by atoms with Gasteiger partial charge in [-0.25, -0.2) is 5.43 Å². The van der Waals surface area contributed by atoms with Gasteiger partial charge in [-0.05, 0) is 62.7 Å². The number of hydrogen-bond acceptors (Lipinski definition) is 5. The van der Waals surface area contributed by atoms with Crippen molar-refractivity contribution in [2.75, 3.05) is 5.32 Å². The number of hydrogen-bond donors (Lipinski definition) is 2. The fourth-order valence-corrected chi connectivity index (χ4v) is 3.88. The number of nitrogens with zero attached hydrogens (tertiary/aromatic N) is 1. The number of carbonyl (C=O) groups is 2. The Labute approximate surface area is 165 Å². The fraction of sp³-hybridized carbons (Fsp3) is 0.150. The van der Waals surface area contributed by atoms with Crippen LogP contribution in [-0.2, 0) is 0 Å². The maximum atomic E-state index is 12.2. The molecular formula is C20H19N3O2S2. The summed E-state index contributed by atoms with van der Waals surface area (Å²) in [5, 5.41) is 7.03. The molecule has 2 heterocycles. The number of rotatable bonds is 5. The molecule has 0 aliphatic carbocycles. The first-order valence-corrected chi connectivity index (χ1v) is 9.95. The molecule has 2 aromatic heterocycles.